The summed E-state index contributed by atoms with van der Waals surface area (Å²) in [6, 6.07) is 13.5. The zero-order valence-corrected chi connectivity index (χ0v) is 19.7. The monoisotopic (exact) mass is 471 g/mol. The third-order valence-electron chi connectivity index (χ3n) is 5.51. The van der Waals surface area contributed by atoms with Crippen LogP contribution in [0.3, 0.4) is 0 Å². The Morgan fingerprint density at radius 3 is 2.66 bits per heavy atom. The number of likely N-dealkylation sites (N-methyl/N-ethyl adjacent to an activating group) is 1. The van der Waals surface area contributed by atoms with Gasteiger partial charge in [0.1, 0.15) is 0 Å². The van der Waals surface area contributed by atoms with Gasteiger partial charge >= 0.3 is 0 Å². The number of carbonyl (C=O) groups excluding carboxylic acids is 1. The number of halogens is 1. The smallest absolute Gasteiger partial charge is 0.234 e. The van der Waals surface area contributed by atoms with E-state index in [2.05, 4.69) is 37.6 Å². The number of rotatable bonds is 7. The Labute approximate surface area is 196 Å². The molecule has 8 nitrogen and oxygen atoms in total. The molecule has 2 aromatic carbocycles. The normalized spacial score (nSPS) is 14.5. The van der Waals surface area contributed by atoms with Crippen molar-refractivity contribution in [3.05, 3.63) is 53.1 Å². The van der Waals surface area contributed by atoms with Crippen molar-refractivity contribution in [2.45, 2.75) is 19.0 Å². The minimum absolute atomic E-state index is 0.134. The molecule has 4 rings (SSSR count). The Bertz CT molecular complexity index is 1080. The molecule has 1 aliphatic rings. The van der Waals surface area contributed by atoms with Crippen LogP contribution in [0.25, 0.3) is 5.69 Å². The maximum atomic E-state index is 12.8. The lowest BCUT2D eigenvalue weighted by Gasteiger charge is -2.36. The Morgan fingerprint density at radius 2 is 1.91 bits per heavy atom. The molecule has 1 aromatic heterocycles. The number of hydrogen-bond donors (Lipinski definition) is 1. The average Bonchev–Trinajstić information content (AvgIpc) is 3.27. The Kier molecular flexibility index (Phi) is 7.29. The number of amides is 1. The van der Waals surface area contributed by atoms with E-state index in [1.54, 1.807) is 4.68 Å². The van der Waals surface area contributed by atoms with E-state index in [-0.39, 0.29) is 11.7 Å². The summed E-state index contributed by atoms with van der Waals surface area (Å²) in [6.45, 7) is 9.07. The Hall–Kier alpha value is -2.62. The lowest BCUT2D eigenvalue weighted by molar-refractivity contribution is -0.113. The van der Waals surface area contributed by atoms with E-state index in [9.17, 15) is 4.79 Å². The van der Waals surface area contributed by atoms with Crippen LogP contribution in [0.15, 0.2) is 47.6 Å². The average molecular weight is 472 g/mol. The predicted molar refractivity (Wildman–Crippen MR) is 129 cm³/mol. The predicted octanol–water partition coefficient (Wildman–Crippen LogP) is 3.50. The van der Waals surface area contributed by atoms with Crippen LogP contribution in [0, 0.1) is 6.92 Å². The third-order valence-corrected chi connectivity index (χ3v) is 6.66. The van der Waals surface area contributed by atoms with Crippen LogP contribution in [0.1, 0.15) is 12.5 Å². The molecule has 0 spiro atoms. The topological polar surface area (TPSA) is 79.2 Å². The highest BCUT2D eigenvalue weighted by molar-refractivity contribution is 7.99. The van der Waals surface area contributed by atoms with Crippen molar-refractivity contribution in [1.29, 1.82) is 0 Å². The molecule has 1 saturated heterocycles. The third kappa shape index (κ3) is 5.23. The number of hydrogen-bond acceptors (Lipinski definition) is 7. The van der Waals surface area contributed by atoms with E-state index in [4.69, 9.17) is 11.6 Å². The lowest BCUT2D eigenvalue weighted by atomic mass is 10.2. The number of tetrazole rings is 1. The fraction of sp³-hybridized carbons (Fsp3) is 0.364. The van der Waals surface area contributed by atoms with Crippen molar-refractivity contribution in [3.8, 4) is 5.69 Å². The molecule has 0 bridgehead atoms. The van der Waals surface area contributed by atoms with Crippen LogP contribution >= 0.6 is 23.4 Å². The molecular weight excluding hydrogens is 446 g/mol. The summed E-state index contributed by atoms with van der Waals surface area (Å²) in [5.41, 5.74) is 3.67. The first kappa shape index (κ1) is 22.6. The highest BCUT2D eigenvalue weighted by atomic mass is 35.5. The SMILES string of the molecule is CCN1CCN(c2ccc(Cl)cc2NC(=O)CSc2nnnn2-c2ccccc2C)CC1. The summed E-state index contributed by atoms with van der Waals surface area (Å²) in [6.07, 6.45) is 0. The van der Waals surface area contributed by atoms with Crippen molar-refractivity contribution in [2.24, 2.45) is 0 Å². The van der Waals surface area contributed by atoms with E-state index in [0.717, 1.165) is 55.3 Å². The zero-order valence-electron chi connectivity index (χ0n) is 18.2. The van der Waals surface area contributed by atoms with Gasteiger partial charge < -0.3 is 15.1 Å². The Morgan fingerprint density at radius 1 is 1.12 bits per heavy atom. The van der Waals surface area contributed by atoms with Crippen molar-refractivity contribution in [2.75, 3.05) is 48.7 Å². The molecule has 0 aliphatic carbocycles. The number of thioether (sulfide) groups is 1. The van der Waals surface area contributed by atoms with Crippen LogP contribution < -0.4 is 10.2 Å². The fourth-order valence-corrected chi connectivity index (χ4v) is 4.58. The molecule has 1 N–H and O–H groups in total. The molecule has 32 heavy (non-hydrogen) atoms. The van der Waals surface area contributed by atoms with Gasteiger partial charge in [-0.2, -0.15) is 4.68 Å². The molecule has 0 radical (unpaired) electrons. The van der Waals surface area contributed by atoms with Crippen LogP contribution in [-0.4, -0.2) is 69.5 Å². The van der Waals surface area contributed by atoms with Gasteiger partial charge in [0.05, 0.1) is 22.8 Å². The Balaban J connectivity index is 1.43. The van der Waals surface area contributed by atoms with E-state index in [0.29, 0.717) is 10.2 Å². The first-order valence-corrected chi connectivity index (χ1v) is 12.0. The van der Waals surface area contributed by atoms with Crippen LogP contribution in [-0.2, 0) is 4.79 Å². The molecule has 0 saturated carbocycles. The second kappa shape index (κ2) is 10.3. The second-order valence-electron chi connectivity index (χ2n) is 7.58. The van der Waals surface area contributed by atoms with Crippen molar-refractivity contribution in [1.82, 2.24) is 25.1 Å². The van der Waals surface area contributed by atoms with Gasteiger partial charge in [0.25, 0.3) is 0 Å². The largest absolute Gasteiger partial charge is 0.367 e. The molecule has 3 aromatic rings. The number of aryl methyl sites for hydroxylation is 1. The molecule has 10 heteroatoms. The van der Waals surface area contributed by atoms with Crippen molar-refractivity contribution in [3.63, 3.8) is 0 Å². The summed E-state index contributed by atoms with van der Waals surface area (Å²) in [5, 5.41) is 16.1. The number of benzene rings is 2. The second-order valence-corrected chi connectivity index (χ2v) is 8.96. The standard InChI is InChI=1S/C22H26ClN7OS/c1-3-28-10-12-29(13-11-28)20-9-8-17(23)14-18(20)24-21(31)15-32-22-25-26-27-30(22)19-7-5-4-6-16(19)2/h4-9,14H,3,10-13,15H2,1-2H3,(H,24,31). The molecule has 168 valence electrons. The van der Waals surface area contributed by atoms with Gasteiger partial charge in [0.15, 0.2) is 0 Å². The quantitative estimate of drug-likeness (QED) is 0.528. The van der Waals surface area contributed by atoms with Crippen molar-refractivity contribution >= 4 is 40.6 Å². The van der Waals surface area contributed by atoms with E-state index in [1.807, 2.05) is 49.4 Å². The van der Waals surface area contributed by atoms with Crippen LogP contribution in [0.2, 0.25) is 5.02 Å². The van der Waals surface area contributed by atoms with Gasteiger partial charge in [0, 0.05) is 31.2 Å². The molecule has 1 amide bonds. The van der Waals surface area contributed by atoms with E-state index < -0.39 is 0 Å². The number of nitrogens with one attached hydrogen (secondary N) is 1. The van der Waals surface area contributed by atoms with Gasteiger partial charge in [-0.1, -0.05) is 48.5 Å². The van der Waals surface area contributed by atoms with Gasteiger partial charge in [-0.3, -0.25) is 4.79 Å². The molecule has 1 aliphatic heterocycles. The maximum absolute atomic E-state index is 12.8. The fourth-order valence-electron chi connectivity index (χ4n) is 3.73. The van der Waals surface area contributed by atoms with Gasteiger partial charge in [-0.25, -0.2) is 0 Å². The minimum atomic E-state index is -0.134. The molecule has 0 atom stereocenters. The lowest BCUT2D eigenvalue weighted by Crippen LogP contribution is -2.46. The number of piperazine rings is 1. The molecule has 2 heterocycles. The first-order chi connectivity index (χ1) is 15.5. The number of aromatic nitrogens is 4. The number of para-hydroxylation sites is 1. The minimum Gasteiger partial charge on any atom is -0.367 e. The molecular formula is C22H26ClN7OS. The van der Waals surface area contributed by atoms with Crippen LogP contribution in [0.4, 0.5) is 11.4 Å². The highest BCUT2D eigenvalue weighted by Crippen LogP contribution is 2.30. The number of nitrogens with zero attached hydrogens (tertiary/aromatic N) is 6. The molecule has 0 unspecified atom stereocenters. The zero-order chi connectivity index (χ0) is 22.5. The van der Waals surface area contributed by atoms with E-state index >= 15 is 0 Å². The summed E-state index contributed by atoms with van der Waals surface area (Å²) in [7, 11) is 0. The summed E-state index contributed by atoms with van der Waals surface area (Å²) in [4.78, 5) is 17.5. The number of carbonyl (C=O) groups is 1. The van der Waals surface area contributed by atoms with E-state index in [1.165, 1.54) is 11.8 Å². The first-order valence-electron chi connectivity index (χ1n) is 10.6. The summed E-state index contributed by atoms with van der Waals surface area (Å²) in [5.74, 6) is 0.0481. The highest BCUT2D eigenvalue weighted by Gasteiger charge is 2.20. The number of anilines is 2. The van der Waals surface area contributed by atoms with Crippen LogP contribution in [0.5, 0.6) is 0 Å². The molecule has 1 fully saturated rings. The van der Waals surface area contributed by atoms with Crippen molar-refractivity contribution < 1.29 is 4.79 Å². The maximum Gasteiger partial charge on any atom is 0.234 e. The van der Waals surface area contributed by atoms with Gasteiger partial charge in [0.2, 0.25) is 11.1 Å². The van der Waals surface area contributed by atoms with Gasteiger partial charge in [-0.15, -0.1) is 5.10 Å². The summed E-state index contributed by atoms with van der Waals surface area (Å²) < 4.78 is 1.66. The van der Waals surface area contributed by atoms with Gasteiger partial charge in [-0.05, 0) is 53.7 Å². The summed E-state index contributed by atoms with van der Waals surface area (Å²) >= 11 is 7.53.